The van der Waals surface area contributed by atoms with Gasteiger partial charge in [0.05, 0.1) is 88.6 Å². The van der Waals surface area contributed by atoms with Crippen molar-refractivity contribution in [3.63, 3.8) is 0 Å². The SMILES string of the molecule is CC(C)(C)OC(=O)CN[C@@H]1C(OCc2ccccc2)[C@H](NCC(=O)OC(C)(C)C)[C@H](OCc2ccccc2)C(NC(CO)CO)[C@@H]1OCc1ccccc1. The molecule has 5 N–H and O–H groups in total. The monoisotopic (exact) mass is 749 g/mol. The van der Waals surface area contributed by atoms with Crippen LogP contribution < -0.4 is 16.0 Å². The molecule has 12 nitrogen and oxygen atoms in total. The molecular formula is C42H59N3O9. The summed E-state index contributed by atoms with van der Waals surface area (Å²) in [6.45, 7) is 10.3. The van der Waals surface area contributed by atoms with E-state index >= 15 is 0 Å². The summed E-state index contributed by atoms with van der Waals surface area (Å²) in [7, 11) is 0. The zero-order chi connectivity index (χ0) is 39.1. The zero-order valence-corrected chi connectivity index (χ0v) is 32.4. The number of esters is 2. The summed E-state index contributed by atoms with van der Waals surface area (Å²) in [5, 5.41) is 30.9. The zero-order valence-electron chi connectivity index (χ0n) is 32.4. The Labute approximate surface area is 319 Å². The van der Waals surface area contributed by atoms with Crippen molar-refractivity contribution >= 4 is 11.9 Å². The van der Waals surface area contributed by atoms with Crippen LogP contribution in [0.15, 0.2) is 91.0 Å². The molecule has 0 bridgehead atoms. The van der Waals surface area contributed by atoms with E-state index in [0.717, 1.165) is 16.7 Å². The average Bonchev–Trinajstić information content (AvgIpc) is 3.13. The highest BCUT2D eigenvalue weighted by molar-refractivity contribution is 5.72. The summed E-state index contributed by atoms with van der Waals surface area (Å²) in [6.07, 6.45) is -2.31. The predicted molar refractivity (Wildman–Crippen MR) is 205 cm³/mol. The molecule has 1 saturated carbocycles. The maximum Gasteiger partial charge on any atom is 0.320 e. The Morgan fingerprint density at radius 1 is 0.556 bits per heavy atom. The highest BCUT2D eigenvalue weighted by Crippen LogP contribution is 2.31. The lowest BCUT2D eigenvalue weighted by atomic mass is 9.78. The standard InChI is InChI=1S/C42H59N3O9/c1-41(2,3)53-33(48)22-43-35-38(50-26-29-16-10-7-11-17-29)36(44-23-34(49)54-42(4,5)6)40(52-28-31-20-14-9-15-21-31)37(45-32(24-46)25-47)39(35)51-27-30-18-12-8-13-19-30/h7-21,32,35-40,43-47H,22-28H2,1-6H3/t35-,36+,37?,38?,39-,40+. The van der Waals surface area contributed by atoms with Gasteiger partial charge in [0, 0.05) is 0 Å². The molecule has 6 atom stereocenters. The number of rotatable bonds is 19. The number of nitrogens with one attached hydrogen (secondary N) is 3. The van der Waals surface area contributed by atoms with Gasteiger partial charge < -0.3 is 39.2 Å². The molecule has 4 rings (SSSR count). The second-order valence-electron chi connectivity index (χ2n) is 15.5. The summed E-state index contributed by atoms with van der Waals surface area (Å²) in [6, 6.07) is 26.2. The maximum absolute atomic E-state index is 13.2. The Balaban J connectivity index is 1.83. The molecule has 1 fully saturated rings. The van der Waals surface area contributed by atoms with Crippen molar-refractivity contribution in [1.29, 1.82) is 0 Å². The summed E-state index contributed by atoms with van der Waals surface area (Å²) < 4.78 is 31.8. The average molecular weight is 750 g/mol. The third-order valence-corrected chi connectivity index (χ3v) is 8.65. The molecular weight excluding hydrogens is 690 g/mol. The van der Waals surface area contributed by atoms with Gasteiger partial charge in [-0.1, -0.05) is 91.0 Å². The van der Waals surface area contributed by atoms with Gasteiger partial charge in [0.2, 0.25) is 0 Å². The lowest BCUT2D eigenvalue weighted by molar-refractivity contribution is -0.171. The van der Waals surface area contributed by atoms with Crippen LogP contribution >= 0.6 is 0 Å². The van der Waals surface area contributed by atoms with Gasteiger partial charge in [0.1, 0.15) is 11.2 Å². The Morgan fingerprint density at radius 3 is 1.17 bits per heavy atom. The van der Waals surface area contributed by atoms with Gasteiger partial charge in [-0.3, -0.25) is 20.2 Å². The van der Waals surface area contributed by atoms with Crippen LogP contribution in [0.4, 0.5) is 0 Å². The minimum Gasteiger partial charge on any atom is -0.459 e. The molecule has 3 aromatic carbocycles. The van der Waals surface area contributed by atoms with Gasteiger partial charge in [0.25, 0.3) is 0 Å². The van der Waals surface area contributed by atoms with E-state index in [-0.39, 0.29) is 46.1 Å². The number of benzene rings is 3. The van der Waals surface area contributed by atoms with Crippen LogP contribution in [0.25, 0.3) is 0 Å². The van der Waals surface area contributed by atoms with Gasteiger partial charge in [0.15, 0.2) is 0 Å². The fraction of sp³-hybridized carbons (Fsp3) is 0.524. The van der Waals surface area contributed by atoms with Gasteiger partial charge in [-0.25, -0.2) is 0 Å². The van der Waals surface area contributed by atoms with E-state index in [1.165, 1.54) is 0 Å². The van der Waals surface area contributed by atoms with Crippen molar-refractivity contribution in [1.82, 2.24) is 16.0 Å². The van der Waals surface area contributed by atoms with Gasteiger partial charge in [-0.2, -0.15) is 0 Å². The molecule has 12 heteroatoms. The molecule has 0 radical (unpaired) electrons. The van der Waals surface area contributed by atoms with Crippen LogP contribution in [0.2, 0.25) is 0 Å². The number of carbonyl (C=O) groups excluding carboxylic acids is 2. The Morgan fingerprint density at radius 2 is 0.870 bits per heavy atom. The largest absolute Gasteiger partial charge is 0.459 e. The number of aliphatic hydroxyl groups is 2. The van der Waals surface area contributed by atoms with Gasteiger partial charge >= 0.3 is 11.9 Å². The van der Waals surface area contributed by atoms with Crippen molar-refractivity contribution in [3.05, 3.63) is 108 Å². The van der Waals surface area contributed by atoms with E-state index in [2.05, 4.69) is 16.0 Å². The van der Waals surface area contributed by atoms with Crippen LogP contribution in [0, 0.1) is 0 Å². The molecule has 0 saturated heterocycles. The van der Waals surface area contributed by atoms with Gasteiger partial charge in [-0.15, -0.1) is 0 Å². The quantitative estimate of drug-likeness (QED) is 0.114. The van der Waals surface area contributed by atoms with Crippen molar-refractivity contribution in [2.45, 2.75) is 115 Å². The lowest BCUT2D eigenvalue weighted by Crippen LogP contribution is -2.76. The van der Waals surface area contributed by atoms with E-state index in [1.807, 2.05) is 91.0 Å². The number of hydrogen-bond acceptors (Lipinski definition) is 12. The Bertz CT molecular complexity index is 1440. The van der Waals surface area contributed by atoms with E-state index in [1.54, 1.807) is 41.5 Å². The number of ether oxygens (including phenoxy) is 5. The molecule has 0 amide bonds. The van der Waals surface area contributed by atoms with Crippen LogP contribution in [0.5, 0.6) is 0 Å². The third kappa shape index (κ3) is 14.2. The molecule has 1 aliphatic rings. The Hall–Kier alpha value is -3.72. The minimum atomic E-state index is -0.769. The predicted octanol–water partition coefficient (Wildman–Crippen LogP) is 3.67. The Kier molecular flexibility index (Phi) is 16.6. The first-order valence-corrected chi connectivity index (χ1v) is 18.6. The molecule has 0 aromatic heterocycles. The molecule has 0 spiro atoms. The first kappa shape index (κ1) is 43.0. The maximum atomic E-state index is 13.2. The highest BCUT2D eigenvalue weighted by Gasteiger charge is 2.53. The molecule has 0 aliphatic heterocycles. The second kappa shape index (κ2) is 20.8. The van der Waals surface area contributed by atoms with E-state index in [9.17, 15) is 19.8 Å². The summed E-state index contributed by atoms with van der Waals surface area (Å²) >= 11 is 0. The van der Waals surface area contributed by atoms with E-state index < -0.39 is 65.6 Å². The summed E-state index contributed by atoms with van der Waals surface area (Å²) in [5.41, 5.74) is 1.31. The fourth-order valence-electron chi connectivity index (χ4n) is 6.40. The van der Waals surface area contributed by atoms with Crippen molar-refractivity contribution in [3.8, 4) is 0 Å². The molecule has 3 aromatic rings. The smallest absolute Gasteiger partial charge is 0.320 e. The summed E-state index contributed by atoms with van der Waals surface area (Å²) in [4.78, 5) is 26.5. The fourth-order valence-corrected chi connectivity index (χ4v) is 6.40. The molecule has 296 valence electrons. The van der Waals surface area contributed by atoms with Crippen molar-refractivity contribution < 1.29 is 43.5 Å². The second-order valence-corrected chi connectivity index (χ2v) is 15.5. The van der Waals surface area contributed by atoms with E-state index in [0.29, 0.717) is 0 Å². The van der Waals surface area contributed by atoms with Crippen LogP contribution in [-0.2, 0) is 53.1 Å². The van der Waals surface area contributed by atoms with E-state index in [4.69, 9.17) is 23.7 Å². The first-order valence-electron chi connectivity index (χ1n) is 18.6. The molecule has 0 heterocycles. The number of carbonyl (C=O) groups is 2. The molecule has 54 heavy (non-hydrogen) atoms. The molecule has 2 unspecified atom stereocenters. The minimum absolute atomic E-state index is 0.178. The summed E-state index contributed by atoms with van der Waals surface area (Å²) in [5.74, 6) is -0.945. The number of aliphatic hydroxyl groups excluding tert-OH is 2. The lowest BCUT2D eigenvalue weighted by Gasteiger charge is -2.52. The van der Waals surface area contributed by atoms with Crippen molar-refractivity contribution in [2.24, 2.45) is 0 Å². The number of hydrogen-bond donors (Lipinski definition) is 5. The highest BCUT2D eigenvalue weighted by atomic mass is 16.6. The van der Waals surface area contributed by atoms with Crippen LogP contribution in [0.1, 0.15) is 58.2 Å². The van der Waals surface area contributed by atoms with Crippen LogP contribution in [0.3, 0.4) is 0 Å². The molecule has 1 aliphatic carbocycles. The normalized spacial score (nSPS) is 21.9. The van der Waals surface area contributed by atoms with Gasteiger partial charge in [-0.05, 0) is 58.2 Å². The van der Waals surface area contributed by atoms with Crippen LogP contribution in [-0.4, -0.2) is 102 Å². The topological polar surface area (TPSA) is 157 Å². The first-order chi connectivity index (χ1) is 25.8. The third-order valence-electron chi connectivity index (χ3n) is 8.65. The van der Waals surface area contributed by atoms with Crippen molar-refractivity contribution in [2.75, 3.05) is 26.3 Å².